The highest BCUT2D eigenvalue weighted by molar-refractivity contribution is 9.10. The fourth-order valence-corrected chi connectivity index (χ4v) is 3.00. The molecule has 2 aromatic rings. The maximum atomic E-state index is 13.6. The third kappa shape index (κ3) is 3.57. The van der Waals surface area contributed by atoms with Gasteiger partial charge in [-0.3, -0.25) is 9.40 Å². The molecule has 0 bridgehead atoms. The average Bonchev–Trinajstić information content (AvgIpc) is 2.84. The second-order valence-corrected chi connectivity index (χ2v) is 6.68. The molecule has 0 fully saturated rings. The minimum atomic E-state index is -4.14. The average molecular weight is 381 g/mol. The number of anilines is 1. The molecule has 0 saturated carbocycles. The van der Waals surface area contributed by atoms with Crippen LogP contribution in [0.2, 0.25) is 0 Å². The SMILES string of the molecule is NCCn1cc(S(=O)(=O)Nc2c(F)cc(Br)cc2F)cn1. The lowest BCUT2D eigenvalue weighted by Gasteiger charge is -2.08. The van der Waals surface area contributed by atoms with Crippen molar-refractivity contribution in [1.82, 2.24) is 9.78 Å². The van der Waals surface area contributed by atoms with Crippen molar-refractivity contribution in [1.29, 1.82) is 0 Å². The monoisotopic (exact) mass is 380 g/mol. The van der Waals surface area contributed by atoms with E-state index in [4.69, 9.17) is 5.73 Å². The summed E-state index contributed by atoms with van der Waals surface area (Å²) in [6.07, 6.45) is 2.30. The van der Waals surface area contributed by atoms with Gasteiger partial charge in [-0.05, 0) is 12.1 Å². The number of hydrogen-bond acceptors (Lipinski definition) is 4. The Morgan fingerprint density at radius 2 is 1.95 bits per heavy atom. The van der Waals surface area contributed by atoms with Crippen molar-refractivity contribution in [2.45, 2.75) is 11.4 Å². The second kappa shape index (κ2) is 6.08. The molecule has 0 aliphatic carbocycles. The number of halogens is 3. The van der Waals surface area contributed by atoms with Crippen molar-refractivity contribution in [3.05, 3.63) is 40.6 Å². The lowest BCUT2D eigenvalue weighted by Crippen LogP contribution is -2.15. The maximum Gasteiger partial charge on any atom is 0.265 e. The molecule has 2 rings (SSSR count). The smallest absolute Gasteiger partial charge is 0.265 e. The summed E-state index contributed by atoms with van der Waals surface area (Å²) in [5.74, 6) is -2.06. The Morgan fingerprint density at radius 3 is 2.52 bits per heavy atom. The third-order valence-corrected chi connectivity index (χ3v) is 4.28. The molecule has 21 heavy (non-hydrogen) atoms. The fraction of sp³-hybridized carbons (Fsp3) is 0.182. The van der Waals surface area contributed by atoms with Crippen molar-refractivity contribution in [2.75, 3.05) is 11.3 Å². The highest BCUT2D eigenvalue weighted by Crippen LogP contribution is 2.26. The van der Waals surface area contributed by atoms with Gasteiger partial charge in [-0.15, -0.1) is 0 Å². The number of benzene rings is 1. The van der Waals surface area contributed by atoms with Gasteiger partial charge in [0.1, 0.15) is 10.6 Å². The first-order valence-electron chi connectivity index (χ1n) is 5.73. The van der Waals surface area contributed by atoms with Crippen LogP contribution < -0.4 is 10.5 Å². The van der Waals surface area contributed by atoms with E-state index in [0.29, 0.717) is 6.54 Å². The summed E-state index contributed by atoms with van der Waals surface area (Å²) in [6, 6.07) is 1.91. The minimum Gasteiger partial charge on any atom is -0.329 e. The number of nitrogens with zero attached hydrogens (tertiary/aromatic N) is 2. The number of nitrogens with two attached hydrogens (primary N) is 1. The van der Waals surface area contributed by atoms with E-state index in [1.807, 2.05) is 4.72 Å². The van der Waals surface area contributed by atoms with E-state index in [1.165, 1.54) is 10.9 Å². The van der Waals surface area contributed by atoms with Crippen LogP contribution in [0.4, 0.5) is 14.5 Å². The van der Waals surface area contributed by atoms with E-state index in [0.717, 1.165) is 18.3 Å². The Bertz CT molecular complexity index is 740. The Balaban J connectivity index is 2.33. The Labute approximate surface area is 128 Å². The van der Waals surface area contributed by atoms with Gasteiger partial charge < -0.3 is 5.73 Å². The molecule has 3 N–H and O–H groups in total. The summed E-state index contributed by atoms with van der Waals surface area (Å²) < 4.78 is 54.8. The van der Waals surface area contributed by atoms with Gasteiger partial charge in [-0.2, -0.15) is 5.10 Å². The van der Waals surface area contributed by atoms with Crippen LogP contribution >= 0.6 is 15.9 Å². The van der Waals surface area contributed by atoms with Crippen LogP contribution in [-0.2, 0) is 16.6 Å². The number of sulfonamides is 1. The van der Waals surface area contributed by atoms with Crippen LogP contribution in [-0.4, -0.2) is 24.7 Å². The summed E-state index contributed by atoms with van der Waals surface area (Å²) >= 11 is 2.91. The topological polar surface area (TPSA) is 90.0 Å². The van der Waals surface area contributed by atoms with E-state index >= 15 is 0 Å². The molecule has 0 aliphatic rings. The first kappa shape index (κ1) is 15.9. The highest BCUT2D eigenvalue weighted by Gasteiger charge is 2.21. The highest BCUT2D eigenvalue weighted by atomic mass is 79.9. The normalized spacial score (nSPS) is 11.6. The minimum absolute atomic E-state index is 0.163. The molecule has 6 nitrogen and oxygen atoms in total. The zero-order valence-electron chi connectivity index (χ0n) is 10.6. The fourth-order valence-electron chi connectivity index (χ4n) is 1.57. The first-order chi connectivity index (χ1) is 9.83. The number of hydrogen-bond donors (Lipinski definition) is 2. The van der Waals surface area contributed by atoms with Crippen LogP contribution in [0, 0.1) is 11.6 Å². The summed E-state index contributed by atoms with van der Waals surface area (Å²) in [5, 5.41) is 3.80. The summed E-state index contributed by atoms with van der Waals surface area (Å²) in [5.41, 5.74) is 4.58. The number of nitrogens with one attached hydrogen (secondary N) is 1. The van der Waals surface area contributed by atoms with Crippen LogP contribution in [0.5, 0.6) is 0 Å². The van der Waals surface area contributed by atoms with Gasteiger partial charge >= 0.3 is 0 Å². The summed E-state index contributed by atoms with van der Waals surface area (Å²) in [6.45, 7) is 0.612. The lowest BCUT2D eigenvalue weighted by atomic mass is 10.3. The standard InChI is InChI=1S/C11H11BrF2N4O2S/c12-7-3-9(13)11(10(14)4-7)17-21(19,20)8-5-16-18(6-8)2-1-15/h3-6,17H,1-2,15H2. The Hall–Kier alpha value is -1.52. The molecule has 0 amide bonds. The van der Waals surface area contributed by atoms with Crippen molar-refractivity contribution in [2.24, 2.45) is 5.73 Å². The predicted molar refractivity (Wildman–Crippen MR) is 76.1 cm³/mol. The molecule has 10 heteroatoms. The van der Waals surface area contributed by atoms with Crippen LogP contribution in [0.1, 0.15) is 0 Å². The van der Waals surface area contributed by atoms with Gasteiger partial charge in [-0.25, -0.2) is 17.2 Å². The van der Waals surface area contributed by atoms with Gasteiger partial charge in [0, 0.05) is 17.2 Å². The van der Waals surface area contributed by atoms with E-state index in [9.17, 15) is 17.2 Å². The third-order valence-electron chi connectivity index (χ3n) is 2.52. The molecule has 0 aliphatic heterocycles. The zero-order valence-corrected chi connectivity index (χ0v) is 13.0. The van der Waals surface area contributed by atoms with Gasteiger partial charge in [0.05, 0.1) is 12.7 Å². The van der Waals surface area contributed by atoms with Crippen LogP contribution in [0.15, 0.2) is 33.9 Å². The molecule has 114 valence electrons. The van der Waals surface area contributed by atoms with Crippen molar-refractivity contribution < 1.29 is 17.2 Å². The Morgan fingerprint density at radius 1 is 1.33 bits per heavy atom. The molecule has 1 aromatic heterocycles. The van der Waals surface area contributed by atoms with Gasteiger partial charge in [0.25, 0.3) is 10.0 Å². The molecule has 0 spiro atoms. The molecular weight excluding hydrogens is 370 g/mol. The van der Waals surface area contributed by atoms with Crippen molar-refractivity contribution in [3.63, 3.8) is 0 Å². The molecule has 0 saturated heterocycles. The van der Waals surface area contributed by atoms with Crippen LogP contribution in [0.3, 0.4) is 0 Å². The maximum absolute atomic E-state index is 13.6. The van der Waals surface area contributed by atoms with Gasteiger partial charge in [0.15, 0.2) is 11.6 Å². The first-order valence-corrected chi connectivity index (χ1v) is 8.01. The molecule has 1 heterocycles. The molecular formula is C11H11BrF2N4O2S. The Kier molecular flexibility index (Phi) is 4.59. The number of aromatic nitrogens is 2. The predicted octanol–water partition coefficient (Wildman–Crippen LogP) is 1.68. The summed E-state index contributed by atoms with van der Waals surface area (Å²) in [4.78, 5) is -0.210. The second-order valence-electron chi connectivity index (χ2n) is 4.08. The van der Waals surface area contributed by atoms with E-state index in [2.05, 4.69) is 21.0 Å². The lowest BCUT2D eigenvalue weighted by molar-refractivity contribution is 0.581. The van der Waals surface area contributed by atoms with Crippen molar-refractivity contribution >= 4 is 31.6 Å². The molecule has 1 aromatic carbocycles. The van der Waals surface area contributed by atoms with E-state index in [1.54, 1.807) is 0 Å². The van der Waals surface area contributed by atoms with Crippen LogP contribution in [0.25, 0.3) is 0 Å². The van der Waals surface area contributed by atoms with Gasteiger partial charge in [-0.1, -0.05) is 15.9 Å². The van der Waals surface area contributed by atoms with Crippen molar-refractivity contribution in [3.8, 4) is 0 Å². The summed E-state index contributed by atoms with van der Waals surface area (Å²) in [7, 11) is -4.14. The van der Waals surface area contributed by atoms with E-state index in [-0.39, 0.29) is 15.9 Å². The molecule has 0 unspecified atom stereocenters. The molecule has 0 atom stereocenters. The zero-order chi connectivity index (χ0) is 15.6. The largest absolute Gasteiger partial charge is 0.329 e. The number of rotatable bonds is 5. The van der Waals surface area contributed by atoms with E-state index < -0.39 is 27.3 Å². The van der Waals surface area contributed by atoms with Gasteiger partial charge in [0.2, 0.25) is 0 Å². The quantitative estimate of drug-likeness (QED) is 0.825. The molecule has 0 radical (unpaired) electrons.